The van der Waals surface area contributed by atoms with Crippen molar-refractivity contribution < 1.29 is 14.0 Å². The molecular weight excluding hydrogens is 382 g/mol. The molecule has 5 rings (SSSR count). The molecule has 0 amide bonds. The number of fused-ring (bicyclic) bond motifs is 1. The number of ether oxygens (including phenoxy) is 2. The van der Waals surface area contributed by atoms with Crippen LogP contribution in [0.2, 0.25) is 0 Å². The Bertz CT molecular complexity index is 1320. The van der Waals surface area contributed by atoms with Crippen LogP contribution in [-0.2, 0) is 7.05 Å². The van der Waals surface area contributed by atoms with Gasteiger partial charge in [0.05, 0.1) is 30.6 Å². The maximum Gasteiger partial charge on any atom is 0.278 e. The molecule has 0 saturated heterocycles. The Kier molecular flexibility index (Phi) is 4.36. The van der Waals surface area contributed by atoms with Crippen molar-refractivity contribution in [3.05, 3.63) is 67.1 Å². The minimum absolute atomic E-state index is 0.264. The molecule has 0 aliphatic rings. The SMILES string of the molecule is COc1ccccc1-c1noc(-c2cnc(Oc3ccc4ccn(C)c4c3)cn2)n1. The van der Waals surface area contributed by atoms with Gasteiger partial charge in [-0.15, -0.1) is 0 Å². The summed E-state index contributed by atoms with van der Waals surface area (Å²) in [6.45, 7) is 0. The number of benzene rings is 2. The van der Waals surface area contributed by atoms with Gasteiger partial charge in [-0.3, -0.25) is 0 Å². The number of hydrogen-bond acceptors (Lipinski definition) is 7. The summed E-state index contributed by atoms with van der Waals surface area (Å²) >= 11 is 0. The minimum atomic E-state index is 0.264. The van der Waals surface area contributed by atoms with Crippen LogP contribution in [0.5, 0.6) is 17.4 Å². The third-order valence-electron chi connectivity index (χ3n) is 4.70. The molecule has 8 nitrogen and oxygen atoms in total. The van der Waals surface area contributed by atoms with Gasteiger partial charge in [0.2, 0.25) is 11.7 Å². The van der Waals surface area contributed by atoms with Crippen LogP contribution in [0.1, 0.15) is 0 Å². The Hall–Kier alpha value is -4.20. The molecule has 148 valence electrons. The highest BCUT2D eigenvalue weighted by molar-refractivity contribution is 5.81. The number of hydrogen-bond donors (Lipinski definition) is 0. The number of para-hydroxylation sites is 1. The van der Waals surface area contributed by atoms with Crippen molar-refractivity contribution in [3.63, 3.8) is 0 Å². The summed E-state index contributed by atoms with van der Waals surface area (Å²) in [7, 11) is 3.59. The van der Waals surface area contributed by atoms with Crippen LogP contribution < -0.4 is 9.47 Å². The third kappa shape index (κ3) is 3.24. The van der Waals surface area contributed by atoms with E-state index in [2.05, 4.69) is 26.2 Å². The lowest BCUT2D eigenvalue weighted by Crippen LogP contribution is -1.92. The number of aromatic nitrogens is 5. The van der Waals surface area contributed by atoms with Gasteiger partial charge in [-0.1, -0.05) is 17.3 Å². The van der Waals surface area contributed by atoms with Gasteiger partial charge in [0.1, 0.15) is 17.2 Å². The summed E-state index contributed by atoms with van der Waals surface area (Å²) < 4.78 is 18.6. The smallest absolute Gasteiger partial charge is 0.278 e. The first kappa shape index (κ1) is 17.9. The quantitative estimate of drug-likeness (QED) is 0.430. The predicted octanol–water partition coefficient (Wildman–Crippen LogP) is 4.49. The van der Waals surface area contributed by atoms with Crippen molar-refractivity contribution >= 4 is 10.9 Å². The average Bonchev–Trinajstić information content (AvgIpc) is 3.42. The summed E-state index contributed by atoms with van der Waals surface area (Å²) in [6, 6.07) is 15.4. The number of methoxy groups -OCH3 is 1. The standard InChI is InChI=1S/C22H17N5O3/c1-27-10-9-14-7-8-15(11-18(14)27)29-20-13-23-17(12-24-20)22-25-21(26-30-22)16-5-3-4-6-19(16)28-2/h3-13H,1-2H3. The lowest BCUT2D eigenvalue weighted by Gasteiger charge is -2.05. The van der Waals surface area contributed by atoms with E-state index in [1.807, 2.05) is 60.3 Å². The van der Waals surface area contributed by atoms with Crippen LogP contribution >= 0.6 is 0 Å². The molecule has 0 atom stereocenters. The Morgan fingerprint density at radius 2 is 1.90 bits per heavy atom. The summed E-state index contributed by atoms with van der Waals surface area (Å²) in [5.74, 6) is 2.40. The van der Waals surface area contributed by atoms with Gasteiger partial charge < -0.3 is 18.6 Å². The second-order valence-corrected chi connectivity index (χ2v) is 6.61. The third-order valence-corrected chi connectivity index (χ3v) is 4.70. The fraction of sp³-hybridized carbons (Fsp3) is 0.0909. The summed E-state index contributed by atoms with van der Waals surface area (Å²) in [5.41, 5.74) is 2.26. The lowest BCUT2D eigenvalue weighted by atomic mass is 10.2. The molecule has 0 bridgehead atoms. The topological polar surface area (TPSA) is 88.1 Å². The van der Waals surface area contributed by atoms with Gasteiger partial charge >= 0.3 is 0 Å². The van der Waals surface area contributed by atoms with E-state index in [1.54, 1.807) is 7.11 Å². The highest BCUT2D eigenvalue weighted by atomic mass is 16.5. The van der Waals surface area contributed by atoms with E-state index < -0.39 is 0 Å². The normalized spacial score (nSPS) is 11.0. The largest absolute Gasteiger partial charge is 0.496 e. The maximum absolute atomic E-state index is 5.84. The van der Waals surface area contributed by atoms with E-state index in [1.165, 1.54) is 12.4 Å². The minimum Gasteiger partial charge on any atom is -0.496 e. The van der Waals surface area contributed by atoms with E-state index in [0.717, 1.165) is 16.5 Å². The summed E-state index contributed by atoms with van der Waals surface area (Å²) in [4.78, 5) is 13.1. The molecule has 0 spiro atoms. The predicted molar refractivity (Wildman–Crippen MR) is 110 cm³/mol. The van der Waals surface area contributed by atoms with Crippen molar-refractivity contribution in [1.82, 2.24) is 24.7 Å². The Balaban J connectivity index is 1.37. The molecule has 0 aliphatic heterocycles. The van der Waals surface area contributed by atoms with Gasteiger partial charge in [0.15, 0.2) is 0 Å². The molecule has 0 unspecified atom stereocenters. The van der Waals surface area contributed by atoms with Gasteiger partial charge in [-0.2, -0.15) is 4.98 Å². The van der Waals surface area contributed by atoms with Crippen molar-refractivity contribution in [2.75, 3.05) is 7.11 Å². The first-order valence-electron chi connectivity index (χ1n) is 9.24. The molecule has 0 aliphatic carbocycles. The van der Waals surface area contributed by atoms with Crippen molar-refractivity contribution in [2.24, 2.45) is 7.05 Å². The fourth-order valence-corrected chi connectivity index (χ4v) is 3.17. The van der Waals surface area contributed by atoms with Gasteiger partial charge in [0, 0.05) is 19.3 Å². The summed E-state index contributed by atoms with van der Waals surface area (Å²) in [6.07, 6.45) is 5.07. The molecule has 0 saturated carbocycles. The number of rotatable bonds is 5. The van der Waals surface area contributed by atoms with Gasteiger partial charge in [-0.05, 0) is 35.7 Å². The van der Waals surface area contributed by atoms with E-state index >= 15 is 0 Å². The van der Waals surface area contributed by atoms with E-state index in [-0.39, 0.29) is 5.89 Å². The van der Waals surface area contributed by atoms with E-state index in [9.17, 15) is 0 Å². The van der Waals surface area contributed by atoms with Crippen LogP contribution in [0, 0.1) is 0 Å². The molecule has 3 heterocycles. The van der Waals surface area contributed by atoms with E-state index in [0.29, 0.717) is 28.9 Å². The molecular formula is C22H17N5O3. The van der Waals surface area contributed by atoms with Crippen molar-refractivity contribution in [3.8, 4) is 40.4 Å². The maximum atomic E-state index is 5.84. The molecule has 2 aromatic carbocycles. The number of nitrogens with zero attached hydrogens (tertiary/aromatic N) is 5. The molecule has 0 radical (unpaired) electrons. The highest BCUT2D eigenvalue weighted by Gasteiger charge is 2.15. The van der Waals surface area contributed by atoms with Crippen molar-refractivity contribution in [2.45, 2.75) is 0 Å². The molecule has 3 aromatic heterocycles. The Labute approximate surface area is 171 Å². The zero-order chi connectivity index (χ0) is 20.5. The van der Waals surface area contributed by atoms with Gasteiger partial charge in [-0.25, -0.2) is 9.97 Å². The second-order valence-electron chi connectivity index (χ2n) is 6.61. The summed E-state index contributed by atoms with van der Waals surface area (Å²) in [5, 5.41) is 5.17. The molecule has 0 fully saturated rings. The first-order valence-corrected chi connectivity index (χ1v) is 9.24. The zero-order valence-corrected chi connectivity index (χ0v) is 16.3. The Morgan fingerprint density at radius 3 is 2.73 bits per heavy atom. The van der Waals surface area contributed by atoms with Crippen LogP contribution in [0.15, 0.2) is 71.6 Å². The van der Waals surface area contributed by atoms with Crippen LogP contribution in [0.3, 0.4) is 0 Å². The van der Waals surface area contributed by atoms with E-state index in [4.69, 9.17) is 14.0 Å². The zero-order valence-electron chi connectivity index (χ0n) is 16.3. The van der Waals surface area contributed by atoms with Crippen LogP contribution in [-0.4, -0.2) is 31.8 Å². The Morgan fingerprint density at radius 1 is 1.00 bits per heavy atom. The molecule has 30 heavy (non-hydrogen) atoms. The monoisotopic (exact) mass is 399 g/mol. The van der Waals surface area contributed by atoms with Gasteiger partial charge in [0.25, 0.3) is 5.89 Å². The fourth-order valence-electron chi connectivity index (χ4n) is 3.17. The van der Waals surface area contributed by atoms with Crippen molar-refractivity contribution in [1.29, 1.82) is 0 Å². The van der Waals surface area contributed by atoms with Crippen LogP contribution in [0.4, 0.5) is 0 Å². The molecule has 0 N–H and O–H groups in total. The highest BCUT2D eigenvalue weighted by Crippen LogP contribution is 2.29. The lowest BCUT2D eigenvalue weighted by molar-refractivity contribution is 0.413. The molecule has 5 aromatic rings. The first-order chi connectivity index (χ1) is 14.7. The molecule has 8 heteroatoms. The number of aryl methyl sites for hydroxylation is 1. The van der Waals surface area contributed by atoms with Crippen LogP contribution in [0.25, 0.3) is 33.9 Å². The second kappa shape index (κ2) is 7.32. The average molecular weight is 399 g/mol.